The molecule has 0 fully saturated rings. The number of hydrogen-bond acceptors (Lipinski definition) is 2. The lowest BCUT2D eigenvalue weighted by Crippen LogP contribution is -2.09. The van der Waals surface area contributed by atoms with E-state index in [1.54, 1.807) is 0 Å². The summed E-state index contributed by atoms with van der Waals surface area (Å²) < 4.78 is 49.0. The molecule has 0 amide bonds. The lowest BCUT2D eigenvalue weighted by Gasteiger charge is -2.09. The molecule has 6 heteroatoms. The van der Waals surface area contributed by atoms with E-state index in [9.17, 15) is 17.6 Å². The van der Waals surface area contributed by atoms with Gasteiger partial charge in [0.1, 0.15) is 11.5 Å². The quantitative estimate of drug-likeness (QED) is 0.720. The van der Waals surface area contributed by atoms with Crippen molar-refractivity contribution in [1.29, 1.82) is 0 Å². The van der Waals surface area contributed by atoms with Crippen molar-refractivity contribution in [2.75, 3.05) is 0 Å². The van der Waals surface area contributed by atoms with Crippen LogP contribution in [-0.4, -0.2) is 10.1 Å². The molecule has 0 aliphatic rings. The van der Waals surface area contributed by atoms with E-state index >= 15 is 0 Å². The Labute approximate surface area is 77.2 Å². The molecule has 1 aromatic rings. The maximum Gasteiger partial charge on any atom is 0.417 e. The van der Waals surface area contributed by atoms with Crippen molar-refractivity contribution in [1.82, 2.24) is 4.98 Å². The molecule has 1 aromatic heterocycles. The molecule has 0 saturated carbocycles. The fraction of sp³-hybridized carbons (Fsp3) is 0.375. The first kappa shape index (κ1) is 10.9. The van der Waals surface area contributed by atoms with Crippen molar-refractivity contribution in [3.63, 3.8) is 0 Å². The van der Waals surface area contributed by atoms with Crippen LogP contribution in [0.1, 0.15) is 24.3 Å². The van der Waals surface area contributed by atoms with Gasteiger partial charge in [0.05, 0.1) is 11.7 Å². The normalized spacial score (nSPS) is 14.1. The van der Waals surface area contributed by atoms with Crippen LogP contribution in [-0.2, 0) is 6.18 Å². The second-order valence-corrected chi connectivity index (χ2v) is 2.76. The minimum atomic E-state index is -4.62. The Hall–Kier alpha value is -1.17. The Bertz CT molecular complexity index is 335. The third kappa shape index (κ3) is 2.20. The number of alkyl halides is 3. The van der Waals surface area contributed by atoms with Crippen molar-refractivity contribution in [2.24, 2.45) is 0 Å². The molecule has 0 saturated heterocycles. The summed E-state index contributed by atoms with van der Waals surface area (Å²) in [6.07, 6.45) is -5.35. The molecule has 0 aromatic carbocycles. The van der Waals surface area contributed by atoms with Crippen molar-refractivity contribution >= 4 is 0 Å². The topological polar surface area (TPSA) is 33.1 Å². The molecule has 0 aliphatic heterocycles. The average molecular weight is 209 g/mol. The highest BCUT2D eigenvalue weighted by Crippen LogP contribution is 2.30. The van der Waals surface area contributed by atoms with Gasteiger partial charge in [-0.2, -0.15) is 13.2 Å². The lowest BCUT2D eigenvalue weighted by atomic mass is 10.2. The highest BCUT2D eigenvalue weighted by Gasteiger charge is 2.32. The van der Waals surface area contributed by atoms with E-state index in [1.807, 2.05) is 0 Å². The van der Waals surface area contributed by atoms with Crippen LogP contribution in [0.4, 0.5) is 17.6 Å². The van der Waals surface area contributed by atoms with Gasteiger partial charge in [-0.15, -0.1) is 0 Å². The molecule has 1 N–H and O–H groups in total. The van der Waals surface area contributed by atoms with Crippen molar-refractivity contribution in [3.8, 4) is 0 Å². The molecule has 14 heavy (non-hydrogen) atoms. The molecular formula is C8H7F4NO. The summed E-state index contributed by atoms with van der Waals surface area (Å²) in [6.45, 7) is 1.22. The SMILES string of the molecule is C[C@H](O)c1ncc(C(F)(F)F)cc1F. The first-order valence-corrected chi connectivity index (χ1v) is 3.73. The molecule has 0 aliphatic carbocycles. The van der Waals surface area contributed by atoms with Crippen LogP contribution >= 0.6 is 0 Å². The van der Waals surface area contributed by atoms with Gasteiger partial charge >= 0.3 is 6.18 Å². The minimum absolute atomic E-state index is 0.315. The summed E-state index contributed by atoms with van der Waals surface area (Å²) in [5, 5.41) is 8.91. The molecular weight excluding hydrogens is 202 g/mol. The van der Waals surface area contributed by atoms with Gasteiger partial charge in [0, 0.05) is 6.20 Å². The van der Waals surface area contributed by atoms with Crippen molar-refractivity contribution < 1.29 is 22.7 Å². The number of nitrogens with zero attached hydrogens (tertiary/aromatic N) is 1. The Balaban J connectivity index is 3.13. The Morgan fingerprint density at radius 2 is 2.00 bits per heavy atom. The molecule has 0 unspecified atom stereocenters. The number of rotatable bonds is 1. The minimum Gasteiger partial charge on any atom is -0.387 e. The van der Waals surface area contributed by atoms with Crippen molar-refractivity contribution in [3.05, 3.63) is 29.3 Å². The van der Waals surface area contributed by atoms with Gasteiger partial charge < -0.3 is 5.11 Å². The van der Waals surface area contributed by atoms with Crippen molar-refractivity contribution in [2.45, 2.75) is 19.2 Å². The number of aromatic nitrogens is 1. The van der Waals surface area contributed by atoms with E-state index in [4.69, 9.17) is 5.11 Å². The largest absolute Gasteiger partial charge is 0.417 e. The second-order valence-electron chi connectivity index (χ2n) is 2.76. The van der Waals surface area contributed by atoms with Gasteiger partial charge in [-0.3, -0.25) is 4.98 Å². The van der Waals surface area contributed by atoms with Crippen LogP contribution in [0.2, 0.25) is 0 Å². The zero-order valence-corrected chi connectivity index (χ0v) is 7.14. The van der Waals surface area contributed by atoms with Crippen LogP contribution < -0.4 is 0 Å². The van der Waals surface area contributed by atoms with Gasteiger partial charge in [0.15, 0.2) is 0 Å². The second kappa shape index (κ2) is 3.53. The third-order valence-corrected chi connectivity index (χ3v) is 1.59. The fourth-order valence-corrected chi connectivity index (χ4v) is 0.911. The number of hydrogen-bond donors (Lipinski definition) is 1. The van der Waals surface area contributed by atoms with Crippen LogP contribution in [0.25, 0.3) is 0 Å². The zero-order chi connectivity index (χ0) is 10.9. The standard InChI is InChI=1S/C8H7F4NO/c1-4(14)7-6(9)2-5(3-13-7)8(10,11)12/h2-4,14H,1H3/t4-/m0/s1. The van der Waals surface area contributed by atoms with Crippen LogP contribution in [0.3, 0.4) is 0 Å². The van der Waals surface area contributed by atoms with Crippen LogP contribution in [0.5, 0.6) is 0 Å². The van der Waals surface area contributed by atoms with Gasteiger partial charge in [0.25, 0.3) is 0 Å². The highest BCUT2D eigenvalue weighted by atomic mass is 19.4. The Morgan fingerprint density at radius 1 is 1.43 bits per heavy atom. The van der Waals surface area contributed by atoms with Gasteiger partial charge in [0.2, 0.25) is 0 Å². The molecule has 2 nitrogen and oxygen atoms in total. The van der Waals surface area contributed by atoms with E-state index in [-0.39, 0.29) is 0 Å². The van der Waals surface area contributed by atoms with Gasteiger partial charge in [-0.25, -0.2) is 4.39 Å². The fourth-order valence-electron chi connectivity index (χ4n) is 0.911. The summed E-state index contributed by atoms with van der Waals surface area (Å²) >= 11 is 0. The molecule has 1 heterocycles. The predicted molar refractivity (Wildman–Crippen MR) is 39.8 cm³/mol. The molecule has 78 valence electrons. The third-order valence-electron chi connectivity index (χ3n) is 1.59. The number of aliphatic hydroxyl groups excluding tert-OH is 1. The molecule has 1 rings (SSSR count). The molecule has 0 spiro atoms. The summed E-state index contributed by atoms with van der Waals surface area (Å²) in [5.74, 6) is -1.16. The van der Waals surface area contributed by atoms with E-state index in [2.05, 4.69) is 4.98 Å². The van der Waals surface area contributed by atoms with E-state index < -0.39 is 29.4 Å². The molecule has 0 radical (unpaired) electrons. The summed E-state index contributed by atoms with van der Waals surface area (Å²) in [5.41, 5.74) is -1.56. The maximum atomic E-state index is 12.9. The Kier molecular flexibility index (Phi) is 2.75. The average Bonchev–Trinajstić information content (AvgIpc) is 2.01. The Morgan fingerprint density at radius 3 is 2.36 bits per heavy atom. The summed E-state index contributed by atoms with van der Waals surface area (Å²) in [4.78, 5) is 3.20. The first-order valence-electron chi connectivity index (χ1n) is 3.73. The predicted octanol–water partition coefficient (Wildman–Crippen LogP) is 2.29. The van der Waals surface area contributed by atoms with E-state index in [1.165, 1.54) is 6.92 Å². The molecule has 1 atom stereocenters. The van der Waals surface area contributed by atoms with Gasteiger partial charge in [-0.05, 0) is 13.0 Å². The summed E-state index contributed by atoms with van der Waals surface area (Å²) in [7, 11) is 0. The molecule has 0 bridgehead atoms. The maximum absolute atomic E-state index is 12.9. The highest BCUT2D eigenvalue weighted by molar-refractivity contribution is 5.19. The number of halogens is 4. The summed E-state index contributed by atoms with van der Waals surface area (Å²) in [6, 6.07) is 0.315. The number of pyridine rings is 1. The monoisotopic (exact) mass is 209 g/mol. The van der Waals surface area contributed by atoms with Gasteiger partial charge in [-0.1, -0.05) is 0 Å². The van der Waals surface area contributed by atoms with E-state index in [0.717, 1.165) is 0 Å². The zero-order valence-electron chi connectivity index (χ0n) is 7.14. The first-order chi connectivity index (χ1) is 6.32. The smallest absolute Gasteiger partial charge is 0.387 e. The van der Waals surface area contributed by atoms with Crippen LogP contribution in [0.15, 0.2) is 12.3 Å². The number of aliphatic hydroxyl groups is 1. The van der Waals surface area contributed by atoms with E-state index in [0.29, 0.717) is 12.3 Å². The lowest BCUT2D eigenvalue weighted by molar-refractivity contribution is -0.138. The van der Waals surface area contributed by atoms with Crippen LogP contribution in [0, 0.1) is 5.82 Å².